The number of anilines is 1. The maximum atomic E-state index is 12.7. The van der Waals surface area contributed by atoms with Crippen molar-refractivity contribution in [2.24, 2.45) is 0 Å². The Balaban J connectivity index is 2.18. The van der Waals surface area contributed by atoms with Crippen molar-refractivity contribution in [3.63, 3.8) is 0 Å². The minimum atomic E-state index is -3.43. The third-order valence-corrected chi connectivity index (χ3v) is 6.43. The van der Waals surface area contributed by atoms with Crippen LogP contribution < -0.4 is 5.32 Å². The molecule has 0 bridgehead atoms. The Morgan fingerprint density at radius 1 is 1.19 bits per heavy atom. The fourth-order valence-corrected chi connectivity index (χ4v) is 4.83. The number of benzene rings is 1. The average Bonchev–Trinajstić information content (AvgIpc) is 2.82. The monoisotopic (exact) mass is 380 g/mol. The largest absolute Gasteiger partial charge is 0.324 e. The topological polar surface area (TPSA) is 66.5 Å². The molecule has 2 rings (SSSR count). The number of hydrogen-bond acceptors (Lipinski definition) is 3. The Kier molecular flexibility index (Phi) is 7.24. The zero-order chi connectivity index (χ0) is 19.3. The lowest BCUT2D eigenvalue weighted by atomic mass is 9.98. The lowest BCUT2D eigenvalue weighted by Gasteiger charge is -2.28. The van der Waals surface area contributed by atoms with Gasteiger partial charge < -0.3 is 5.32 Å². The number of aryl methyl sites for hydroxylation is 1. The van der Waals surface area contributed by atoms with Crippen molar-refractivity contribution in [1.29, 1.82) is 0 Å². The molecule has 0 saturated heterocycles. The lowest BCUT2D eigenvalue weighted by molar-refractivity contribution is -0.116. The van der Waals surface area contributed by atoms with Crippen molar-refractivity contribution in [2.45, 2.75) is 71.3 Å². The molecule has 1 aliphatic carbocycles. The third-order valence-electron chi connectivity index (χ3n) is 5.15. The summed E-state index contributed by atoms with van der Waals surface area (Å²) < 4.78 is 26.0. The maximum absolute atomic E-state index is 12.7. The summed E-state index contributed by atoms with van der Waals surface area (Å²) in [5, 5.41) is 2.97. The predicted octanol–water partition coefficient (Wildman–Crippen LogP) is 4.04. The number of para-hydroxylation sites is 1. The first kappa shape index (κ1) is 20.9. The predicted molar refractivity (Wildman–Crippen MR) is 107 cm³/mol. The SMILES string of the molecule is Cc1cccc(C(C)C)c1NC(=O)CN(C1CCCCCC1)S(C)(=O)=O. The summed E-state index contributed by atoms with van der Waals surface area (Å²) in [5.74, 6) is 0.00828. The molecule has 1 aromatic rings. The summed E-state index contributed by atoms with van der Waals surface area (Å²) in [4.78, 5) is 12.7. The van der Waals surface area contributed by atoms with Gasteiger partial charge in [0.25, 0.3) is 0 Å². The van der Waals surface area contributed by atoms with E-state index in [0.717, 1.165) is 55.3 Å². The molecule has 0 aromatic heterocycles. The standard InChI is InChI=1S/C20H32N2O3S/c1-15(2)18-13-9-10-16(3)20(18)21-19(23)14-22(26(4,24)25)17-11-7-5-6-8-12-17/h9-10,13,15,17H,5-8,11-12,14H2,1-4H3,(H,21,23). The Morgan fingerprint density at radius 2 is 1.81 bits per heavy atom. The molecule has 1 amide bonds. The van der Waals surface area contributed by atoms with E-state index in [1.807, 2.05) is 25.1 Å². The zero-order valence-corrected chi connectivity index (χ0v) is 17.2. The van der Waals surface area contributed by atoms with Gasteiger partial charge in [0, 0.05) is 11.7 Å². The molecule has 0 atom stereocenters. The van der Waals surface area contributed by atoms with Gasteiger partial charge in [-0.3, -0.25) is 4.79 Å². The quantitative estimate of drug-likeness (QED) is 0.757. The van der Waals surface area contributed by atoms with Gasteiger partial charge in [-0.25, -0.2) is 8.42 Å². The highest BCUT2D eigenvalue weighted by molar-refractivity contribution is 7.88. The van der Waals surface area contributed by atoms with Gasteiger partial charge in [-0.05, 0) is 36.8 Å². The first-order valence-corrected chi connectivity index (χ1v) is 11.4. The number of carbonyl (C=O) groups is 1. The van der Waals surface area contributed by atoms with Crippen molar-refractivity contribution in [1.82, 2.24) is 4.31 Å². The van der Waals surface area contributed by atoms with Crippen LogP contribution in [-0.2, 0) is 14.8 Å². The van der Waals surface area contributed by atoms with Crippen molar-refractivity contribution in [3.05, 3.63) is 29.3 Å². The molecule has 26 heavy (non-hydrogen) atoms. The summed E-state index contributed by atoms with van der Waals surface area (Å²) in [6, 6.07) is 5.88. The Bertz CT molecular complexity index is 721. The molecule has 1 fully saturated rings. The highest BCUT2D eigenvalue weighted by atomic mass is 32.2. The second kappa shape index (κ2) is 9.00. The molecule has 1 aliphatic rings. The van der Waals surface area contributed by atoms with E-state index in [2.05, 4.69) is 19.2 Å². The molecule has 146 valence electrons. The van der Waals surface area contributed by atoms with E-state index in [9.17, 15) is 13.2 Å². The summed E-state index contributed by atoms with van der Waals surface area (Å²) in [5.41, 5.74) is 2.87. The molecule has 0 spiro atoms. The van der Waals surface area contributed by atoms with Crippen molar-refractivity contribution >= 4 is 21.6 Å². The van der Waals surface area contributed by atoms with E-state index < -0.39 is 10.0 Å². The van der Waals surface area contributed by atoms with Crippen molar-refractivity contribution in [3.8, 4) is 0 Å². The smallest absolute Gasteiger partial charge is 0.239 e. The van der Waals surface area contributed by atoms with Crippen LogP contribution in [-0.4, -0.2) is 37.5 Å². The van der Waals surface area contributed by atoms with Crippen LogP contribution in [0.3, 0.4) is 0 Å². The van der Waals surface area contributed by atoms with Crippen LogP contribution in [0.1, 0.15) is 69.4 Å². The van der Waals surface area contributed by atoms with Gasteiger partial charge in [-0.2, -0.15) is 4.31 Å². The fourth-order valence-electron chi connectivity index (χ4n) is 3.73. The van der Waals surface area contributed by atoms with Gasteiger partial charge in [0.1, 0.15) is 0 Å². The van der Waals surface area contributed by atoms with Crippen LogP contribution in [0, 0.1) is 6.92 Å². The van der Waals surface area contributed by atoms with Gasteiger partial charge in [0.2, 0.25) is 15.9 Å². The number of nitrogens with one attached hydrogen (secondary N) is 1. The van der Waals surface area contributed by atoms with E-state index in [1.165, 1.54) is 10.6 Å². The number of sulfonamides is 1. The van der Waals surface area contributed by atoms with Crippen molar-refractivity contribution in [2.75, 3.05) is 18.1 Å². The highest BCUT2D eigenvalue weighted by Gasteiger charge is 2.29. The van der Waals surface area contributed by atoms with Crippen LogP contribution in [0.25, 0.3) is 0 Å². The minimum Gasteiger partial charge on any atom is -0.324 e. The van der Waals surface area contributed by atoms with E-state index in [-0.39, 0.29) is 24.4 Å². The second-order valence-corrected chi connectivity index (χ2v) is 9.63. The van der Waals surface area contributed by atoms with E-state index >= 15 is 0 Å². The molecule has 0 radical (unpaired) electrons. The Labute approximate surface area is 158 Å². The number of carbonyl (C=O) groups excluding carboxylic acids is 1. The molecular weight excluding hydrogens is 348 g/mol. The maximum Gasteiger partial charge on any atom is 0.239 e. The van der Waals surface area contributed by atoms with Crippen LogP contribution in [0.15, 0.2) is 18.2 Å². The van der Waals surface area contributed by atoms with E-state index in [1.54, 1.807) is 0 Å². The molecule has 1 saturated carbocycles. The lowest BCUT2D eigenvalue weighted by Crippen LogP contribution is -2.44. The number of amides is 1. The second-order valence-electron chi connectivity index (χ2n) is 7.70. The molecule has 0 heterocycles. The molecule has 0 aliphatic heterocycles. The normalized spacial score (nSPS) is 16.7. The third kappa shape index (κ3) is 5.55. The van der Waals surface area contributed by atoms with Crippen molar-refractivity contribution < 1.29 is 13.2 Å². The minimum absolute atomic E-state index is 0.0697. The first-order valence-electron chi connectivity index (χ1n) is 9.56. The number of nitrogens with zero attached hydrogens (tertiary/aromatic N) is 1. The molecule has 1 aromatic carbocycles. The summed E-state index contributed by atoms with van der Waals surface area (Å²) in [6.45, 7) is 6.01. The summed E-state index contributed by atoms with van der Waals surface area (Å²) >= 11 is 0. The van der Waals surface area contributed by atoms with Crippen LogP contribution in [0.2, 0.25) is 0 Å². The fraction of sp³-hybridized carbons (Fsp3) is 0.650. The van der Waals surface area contributed by atoms with Gasteiger partial charge in [-0.15, -0.1) is 0 Å². The van der Waals surface area contributed by atoms with Gasteiger partial charge in [0.05, 0.1) is 12.8 Å². The molecular formula is C20H32N2O3S. The first-order chi connectivity index (χ1) is 12.2. The van der Waals surface area contributed by atoms with Gasteiger partial charge in [0.15, 0.2) is 0 Å². The Morgan fingerprint density at radius 3 is 2.35 bits per heavy atom. The Hall–Kier alpha value is -1.40. The van der Waals surface area contributed by atoms with E-state index in [0.29, 0.717) is 0 Å². The van der Waals surface area contributed by atoms with Crippen LogP contribution in [0.5, 0.6) is 0 Å². The molecule has 0 unspecified atom stereocenters. The van der Waals surface area contributed by atoms with Crippen LogP contribution >= 0.6 is 0 Å². The molecule has 6 heteroatoms. The summed E-state index contributed by atoms with van der Waals surface area (Å²) in [7, 11) is -3.43. The molecule has 1 N–H and O–H groups in total. The average molecular weight is 381 g/mol. The zero-order valence-electron chi connectivity index (χ0n) is 16.4. The summed E-state index contributed by atoms with van der Waals surface area (Å²) in [6.07, 6.45) is 7.20. The van der Waals surface area contributed by atoms with Gasteiger partial charge in [-0.1, -0.05) is 57.7 Å². The number of hydrogen-bond donors (Lipinski definition) is 1. The molecule has 5 nitrogen and oxygen atoms in total. The number of rotatable bonds is 6. The van der Waals surface area contributed by atoms with E-state index in [4.69, 9.17) is 0 Å². The van der Waals surface area contributed by atoms with Gasteiger partial charge >= 0.3 is 0 Å². The highest BCUT2D eigenvalue weighted by Crippen LogP contribution is 2.28. The van der Waals surface area contributed by atoms with Crippen LogP contribution in [0.4, 0.5) is 5.69 Å².